The van der Waals surface area contributed by atoms with Crippen LogP contribution in [0.1, 0.15) is 24.3 Å². The zero-order valence-electron chi connectivity index (χ0n) is 14.3. The number of fused-ring (bicyclic) bond motifs is 1. The summed E-state index contributed by atoms with van der Waals surface area (Å²) in [6.07, 6.45) is 3.38. The largest absolute Gasteiger partial charge is 0.369 e. The normalized spacial score (nSPS) is 15.6. The molecule has 1 aliphatic rings. The van der Waals surface area contributed by atoms with Crippen LogP contribution in [0.4, 0.5) is 0 Å². The van der Waals surface area contributed by atoms with Crippen molar-refractivity contribution < 1.29 is 9.59 Å². The van der Waals surface area contributed by atoms with Crippen LogP contribution in [0.25, 0.3) is 10.2 Å². The minimum atomic E-state index is -0.311. The summed E-state index contributed by atoms with van der Waals surface area (Å²) >= 11 is 1.74. The Hall–Kier alpha value is -1.99. The Morgan fingerprint density at radius 2 is 1.88 bits per heavy atom. The van der Waals surface area contributed by atoms with Gasteiger partial charge in [0.2, 0.25) is 11.8 Å². The first-order valence-electron chi connectivity index (χ1n) is 8.75. The molecule has 0 spiro atoms. The highest BCUT2D eigenvalue weighted by atomic mass is 32.1. The number of rotatable bonds is 7. The zero-order chi connectivity index (χ0) is 17.6. The minimum Gasteiger partial charge on any atom is -0.369 e. The van der Waals surface area contributed by atoms with E-state index >= 15 is 0 Å². The summed E-state index contributed by atoms with van der Waals surface area (Å²) in [4.78, 5) is 31.7. The number of para-hydroxylation sites is 1. The molecule has 7 heteroatoms. The number of piperazine rings is 1. The molecule has 0 aliphatic carbocycles. The first-order chi connectivity index (χ1) is 12.1. The maximum atomic E-state index is 12.3. The average molecular weight is 360 g/mol. The van der Waals surface area contributed by atoms with Gasteiger partial charge in [-0.05, 0) is 31.4 Å². The summed E-state index contributed by atoms with van der Waals surface area (Å²) in [5, 5.41) is 1.15. The van der Waals surface area contributed by atoms with E-state index < -0.39 is 0 Å². The molecule has 2 heterocycles. The van der Waals surface area contributed by atoms with Gasteiger partial charge < -0.3 is 10.6 Å². The molecule has 25 heavy (non-hydrogen) atoms. The Labute approximate surface area is 151 Å². The number of carbonyl (C=O) groups excluding carboxylic acids is 2. The van der Waals surface area contributed by atoms with Gasteiger partial charge in [-0.15, -0.1) is 11.3 Å². The summed E-state index contributed by atoms with van der Waals surface area (Å²) in [6.45, 7) is 3.10. The Morgan fingerprint density at radius 1 is 1.12 bits per heavy atom. The summed E-state index contributed by atoms with van der Waals surface area (Å²) in [7, 11) is 0. The van der Waals surface area contributed by atoms with Crippen LogP contribution in [0, 0.1) is 0 Å². The van der Waals surface area contributed by atoms with E-state index in [0.29, 0.717) is 19.5 Å². The smallest absolute Gasteiger partial charge is 0.231 e. The first kappa shape index (κ1) is 17.8. The number of hydrogen-bond donors (Lipinski definition) is 1. The van der Waals surface area contributed by atoms with Crippen molar-refractivity contribution in [2.75, 3.05) is 32.7 Å². The Bertz CT molecular complexity index is 705. The molecular formula is C18H24N4O2S. The Morgan fingerprint density at radius 3 is 2.60 bits per heavy atom. The molecule has 2 N–H and O–H groups in total. The van der Waals surface area contributed by atoms with Gasteiger partial charge in [-0.1, -0.05) is 12.1 Å². The lowest BCUT2D eigenvalue weighted by atomic mass is 10.1. The van der Waals surface area contributed by atoms with Gasteiger partial charge in [-0.3, -0.25) is 14.5 Å². The van der Waals surface area contributed by atoms with Crippen molar-refractivity contribution in [2.24, 2.45) is 5.73 Å². The van der Waals surface area contributed by atoms with E-state index in [1.54, 1.807) is 11.3 Å². The van der Waals surface area contributed by atoms with Gasteiger partial charge >= 0.3 is 0 Å². The van der Waals surface area contributed by atoms with Crippen molar-refractivity contribution in [3.05, 3.63) is 29.3 Å². The van der Waals surface area contributed by atoms with Crippen LogP contribution in [0.3, 0.4) is 0 Å². The summed E-state index contributed by atoms with van der Waals surface area (Å²) < 4.78 is 1.22. The van der Waals surface area contributed by atoms with Gasteiger partial charge in [-0.25, -0.2) is 4.98 Å². The molecule has 1 aromatic heterocycles. The first-order valence-corrected chi connectivity index (χ1v) is 9.56. The van der Waals surface area contributed by atoms with Crippen molar-refractivity contribution in [1.82, 2.24) is 14.8 Å². The van der Waals surface area contributed by atoms with Gasteiger partial charge in [-0.2, -0.15) is 0 Å². The standard InChI is InChI=1S/C18H24N4O2S/c19-16(23)13-21-9-11-22(12-10-21)18(24)8-4-3-7-17-20-14-5-1-2-6-15(14)25-17/h1-2,5-6H,3-4,7-13H2,(H2,19,23). The number of hydrogen-bond acceptors (Lipinski definition) is 5. The molecule has 3 rings (SSSR count). The SMILES string of the molecule is NC(=O)CN1CCN(C(=O)CCCCc2nc3ccccc3s2)CC1. The van der Waals surface area contributed by atoms with Crippen LogP contribution in [0.2, 0.25) is 0 Å². The van der Waals surface area contributed by atoms with E-state index in [1.807, 2.05) is 28.0 Å². The number of benzene rings is 1. The molecule has 1 fully saturated rings. The summed E-state index contributed by atoms with van der Waals surface area (Å²) in [5.74, 6) is -0.0994. The fraction of sp³-hybridized carbons (Fsp3) is 0.500. The fourth-order valence-electron chi connectivity index (χ4n) is 3.11. The van der Waals surface area contributed by atoms with Gasteiger partial charge in [0.25, 0.3) is 0 Å². The average Bonchev–Trinajstić information content (AvgIpc) is 3.01. The number of thiazole rings is 1. The van der Waals surface area contributed by atoms with E-state index in [2.05, 4.69) is 11.1 Å². The predicted octanol–water partition coefficient (Wildman–Crippen LogP) is 1.64. The second kappa shape index (κ2) is 8.40. The third-order valence-corrected chi connectivity index (χ3v) is 5.57. The molecule has 2 aromatic rings. The number of aryl methyl sites for hydroxylation is 1. The molecular weight excluding hydrogens is 336 g/mol. The van der Waals surface area contributed by atoms with Crippen LogP contribution >= 0.6 is 11.3 Å². The number of nitrogens with two attached hydrogens (primary N) is 1. The van der Waals surface area contributed by atoms with Crippen molar-refractivity contribution in [3.8, 4) is 0 Å². The molecule has 0 unspecified atom stereocenters. The van der Waals surface area contributed by atoms with E-state index in [4.69, 9.17) is 5.73 Å². The van der Waals surface area contributed by atoms with Crippen molar-refractivity contribution >= 4 is 33.4 Å². The topological polar surface area (TPSA) is 79.5 Å². The molecule has 0 atom stereocenters. The summed E-state index contributed by atoms with van der Waals surface area (Å²) in [5.41, 5.74) is 6.27. The van der Waals surface area contributed by atoms with Gasteiger partial charge in [0.15, 0.2) is 0 Å². The third-order valence-electron chi connectivity index (χ3n) is 4.47. The predicted molar refractivity (Wildman–Crippen MR) is 99.4 cm³/mol. The highest BCUT2D eigenvalue weighted by molar-refractivity contribution is 7.18. The van der Waals surface area contributed by atoms with E-state index in [1.165, 1.54) is 4.70 Å². The number of carbonyl (C=O) groups is 2. The van der Waals surface area contributed by atoms with Crippen LogP contribution in [-0.2, 0) is 16.0 Å². The minimum absolute atomic E-state index is 0.211. The monoisotopic (exact) mass is 360 g/mol. The number of unbranched alkanes of at least 4 members (excludes halogenated alkanes) is 1. The van der Waals surface area contributed by atoms with E-state index in [9.17, 15) is 9.59 Å². The van der Waals surface area contributed by atoms with E-state index in [-0.39, 0.29) is 18.4 Å². The molecule has 1 aromatic carbocycles. The Balaban J connectivity index is 1.36. The second-order valence-electron chi connectivity index (χ2n) is 6.41. The maximum Gasteiger partial charge on any atom is 0.231 e. The molecule has 0 saturated carbocycles. The highest BCUT2D eigenvalue weighted by Crippen LogP contribution is 2.23. The van der Waals surface area contributed by atoms with Gasteiger partial charge in [0.1, 0.15) is 0 Å². The summed E-state index contributed by atoms with van der Waals surface area (Å²) in [6, 6.07) is 8.18. The van der Waals surface area contributed by atoms with E-state index in [0.717, 1.165) is 42.9 Å². The molecule has 134 valence electrons. The molecule has 0 radical (unpaired) electrons. The lowest BCUT2D eigenvalue weighted by Crippen LogP contribution is -2.50. The lowest BCUT2D eigenvalue weighted by molar-refractivity contribution is -0.133. The Kier molecular flexibility index (Phi) is 5.99. The van der Waals surface area contributed by atoms with Crippen molar-refractivity contribution in [2.45, 2.75) is 25.7 Å². The number of aromatic nitrogens is 1. The highest BCUT2D eigenvalue weighted by Gasteiger charge is 2.21. The second-order valence-corrected chi connectivity index (χ2v) is 7.52. The van der Waals surface area contributed by atoms with Crippen molar-refractivity contribution in [3.63, 3.8) is 0 Å². The number of amides is 2. The maximum absolute atomic E-state index is 12.3. The third kappa shape index (κ3) is 4.99. The van der Waals surface area contributed by atoms with Crippen LogP contribution in [0.15, 0.2) is 24.3 Å². The molecule has 6 nitrogen and oxygen atoms in total. The van der Waals surface area contributed by atoms with Crippen LogP contribution in [-0.4, -0.2) is 59.3 Å². The van der Waals surface area contributed by atoms with Crippen LogP contribution in [0.5, 0.6) is 0 Å². The number of nitrogens with zero attached hydrogens (tertiary/aromatic N) is 3. The van der Waals surface area contributed by atoms with Crippen molar-refractivity contribution in [1.29, 1.82) is 0 Å². The molecule has 1 saturated heterocycles. The molecule has 1 aliphatic heterocycles. The molecule has 2 amide bonds. The lowest BCUT2D eigenvalue weighted by Gasteiger charge is -2.34. The zero-order valence-corrected chi connectivity index (χ0v) is 15.1. The quantitative estimate of drug-likeness (QED) is 0.761. The van der Waals surface area contributed by atoms with Gasteiger partial charge in [0.05, 0.1) is 21.8 Å². The van der Waals surface area contributed by atoms with Gasteiger partial charge in [0, 0.05) is 32.6 Å². The fourth-order valence-corrected chi connectivity index (χ4v) is 4.12. The number of primary amides is 1. The van der Waals surface area contributed by atoms with Crippen LogP contribution < -0.4 is 5.73 Å². The molecule has 0 bridgehead atoms.